The van der Waals surface area contributed by atoms with Gasteiger partial charge in [-0.1, -0.05) is 12.1 Å². The van der Waals surface area contributed by atoms with Gasteiger partial charge in [0.15, 0.2) is 0 Å². The van der Waals surface area contributed by atoms with Crippen molar-refractivity contribution < 1.29 is 14.6 Å². The maximum absolute atomic E-state index is 11.1. The molecule has 0 fully saturated rings. The van der Waals surface area contributed by atoms with Crippen molar-refractivity contribution in [2.24, 2.45) is 0 Å². The third-order valence-electron chi connectivity index (χ3n) is 1.71. The number of esters is 1. The molecular formula is C11H9NO3. The van der Waals surface area contributed by atoms with E-state index in [0.717, 1.165) is 0 Å². The predicted octanol–water partition coefficient (Wildman–Crippen LogP) is 1.47. The summed E-state index contributed by atoms with van der Waals surface area (Å²) in [5, 5.41) is 17.8. The number of nitriles is 1. The van der Waals surface area contributed by atoms with Gasteiger partial charge in [-0.15, -0.1) is 0 Å². The standard InChI is InChI=1S/C11H9NO3/c1-15-11(14)9(7-12)5-8-3-2-4-10(13)6-8/h2-6,13H,1H3/b9-5+. The molecule has 76 valence electrons. The fraction of sp³-hybridized carbons (Fsp3) is 0.0909. The zero-order valence-electron chi connectivity index (χ0n) is 8.10. The average Bonchev–Trinajstić information content (AvgIpc) is 2.25. The number of phenolic OH excluding ortho intramolecular Hbond substituents is 1. The third-order valence-corrected chi connectivity index (χ3v) is 1.71. The zero-order valence-corrected chi connectivity index (χ0v) is 8.10. The molecule has 0 radical (unpaired) electrons. The quantitative estimate of drug-likeness (QED) is 0.449. The number of ether oxygens (including phenoxy) is 1. The molecule has 0 atom stereocenters. The summed E-state index contributed by atoms with van der Waals surface area (Å²) >= 11 is 0. The molecule has 4 heteroatoms. The molecule has 1 N–H and O–H groups in total. The Morgan fingerprint density at radius 1 is 1.60 bits per heavy atom. The van der Waals surface area contributed by atoms with E-state index in [9.17, 15) is 4.79 Å². The first-order valence-corrected chi connectivity index (χ1v) is 4.16. The number of phenols is 1. The van der Waals surface area contributed by atoms with Crippen LogP contribution in [0, 0.1) is 11.3 Å². The lowest BCUT2D eigenvalue weighted by Crippen LogP contribution is -2.02. The van der Waals surface area contributed by atoms with E-state index in [-0.39, 0.29) is 11.3 Å². The molecule has 0 saturated carbocycles. The van der Waals surface area contributed by atoms with Crippen molar-refractivity contribution in [1.82, 2.24) is 0 Å². The lowest BCUT2D eigenvalue weighted by Gasteiger charge is -1.97. The van der Waals surface area contributed by atoms with Gasteiger partial charge in [0.05, 0.1) is 7.11 Å². The Hall–Kier alpha value is -2.28. The van der Waals surface area contributed by atoms with Crippen LogP contribution < -0.4 is 0 Å². The van der Waals surface area contributed by atoms with Gasteiger partial charge in [0, 0.05) is 0 Å². The number of hydrogen-bond acceptors (Lipinski definition) is 4. The molecule has 15 heavy (non-hydrogen) atoms. The minimum absolute atomic E-state index is 0.0749. The van der Waals surface area contributed by atoms with Gasteiger partial charge in [0.1, 0.15) is 17.4 Å². The number of rotatable bonds is 2. The second-order valence-electron chi connectivity index (χ2n) is 2.76. The predicted molar refractivity (Wildman–Crippen MR) is 53.7 cm³/mol. The number of nitrogens with zero attached hydrogens (tertiary/aromatic N) is 1. The smallest absolute Gasteiger partial charge is 0.348 e. The highest BCUT2D eigenvalue weighted by molar-refractivity contribution is 5.97. The summed E-state index contributed by atoms with van der Waals surface area (Å²) in [6.45, 7) is 0. The van der Waals surface area contributed by atoms with Gasteiger partial charge in [0.25, 0.3) is 0 Å². The Kier molecular flexibility index (Phi) is 3.47. The second-order valence-corrected chi connectivity index (χ2v) is 2.76. The molecule has 1 rings (SSSR count). The molecule has 0 unspecified atom stereocenters. The maximum atomic E-state index is 11.1. The van der Waals surface area contributed by atoms with Crippen molar-refractivity contribution in [3.05, 3.63) is 35.4 Å². The first-order chi connectivity index (χ1) is 7.17. The van der Waals surface area contributed by atoms with Gasteiger partial charge in [-0.25, -0.2) is 4.79 Å². The van der Waals surface area contributed by atoms with Crippen LogP contribution in [0.1, 0.15) is 5.56 Å². The van der Waals surface area contributed by atoms with Crippen LogP contribution in [0.4, 0.5) is 0 Å². The van der Waals surface area contributed by atoms with E-state index in [1.807, 2.05) is 0 Å². The van der Waals surface area contributed by atoms with Crippen LogP contribution >= 0.6 is 0 Å². The summed E-state index contributed by atoms with van der Waals surface area (Å²) in [5.41, 5.74) is 0.458. The topological polar surface area (TPSA) is 70.3 Å². The molecule has 0 aliphatic carbocycles. The molecule has 0 amide bonds. The molecule has 1 aromatic rings. The Morgan fingerprint density at radius 2 is 2.33 bits per heavy atom. The Morgan fingerprint density at radius 3 is 2.87 bits per heavy atom. The van der Waals surface area contributed by atoms with Crippen LogP contribution in [0.15, 0.2) is 29.8 Å². The van der Waals surface area contributed by atoms with Gasteiger partial charge < -0.3 is 9.84 Å². The monoisotopic (exact) mass is 203 g/mol. The highest BCUT2D eigenvalue weighted by Gasteiger charge is 2.08. The molecular weight excluding hydrogens is 194 g/mol. The summed E-state index contributed by atoms with van der Waals surface area (Å²) in [4.78, 5) is 11.1. The molecule has 0 bridgehead atoms. The maximum Gasteiger partial charge on any atom is 0.348 e. The van der Waals surface area contributed by atoms with Crippen LogP contribution in [0.5, 0.6) is 5.75 Å². The molecule has 0 saturated heterocycles. The first-order valence-electron chi connectivity index (χ1n) is 4.16. The number of carbonyl (C=O) groups excluding carboxylic acids is 1. The second kappa shape index (κ2) is 4.82. The van der Waals surface area contributed by atoms with Gasteiger partial charge in [-0.3, -0.25) is 0 Å². The van der Waals surface area contributed by atoms with Crippen LogP contribution in [-0.4, -0.2) is 18.2 Å². The van der Waals surface area contributed by atoms with Crippen LogP contribution in [0.25, 0.3) is 6.08 Å². The first kappa shape index (κ1) is 10.8. The van der Waals surface area contributed by atoms with Crippen molar-refractivity contribution >= 4 is 12.0 Å². The molecule has 1 aromatic carbocycles. The van der Waals surface area contributed by atoms with Crippen molar-refractivity contribution in [2.75, 3.05) is 7.11 Å². The Labute approximate surface area is 87.0 Å². The van der Waals surface area contributed by atoms with Crippen LogP contribution in [0.3, 0.4) is 0 Å². The SMILES string of the molecule is COC(=O)/C(C#N)=C/c1cccc(O)c1. The van der Waals surface area contributed by atoms with E-state index in [2.05, 4.69) is 4.74 Å². The Balaban J connectivity index is 3.05. The van der Waals surface area contributed by atoms with Crippen LogP contribution in [-0.2, 0) is 9.53 Å². The van der Waals surface area contributed by atoms with Crippen molar-refractivity contribution in [1.29, 1.82) is 5.26 Å². The Bertz CT molecular complexity index is 443. The van der Waals surface area contributed by atoms with E-state index in [0.29, 0.717) is 5.56 Å². The van der Waals surface area contributed by atoms with Crippen molar-refractivity contribution in [3.63, 3.8) is 0 Å². The number of methoxy groups -OCH3 is 1. The highest BCUT2D eigenvalue weighted by atomic mass is 16.5. The third kappa shape index (κ3) is 2.85. The summed E-state index contributed by atoms with van der Waals surface area (Å²) in [7, 11) is 1.20. The molecule has 0 heterocycles. The summed E-state index contributed by atoms with van der Waals surface area (Å²) < 4.78 is 4.41. The molecule has 0 aromatic heterocycles. The lowest BCUT2D eigenvalue weighted by atomic mass is 10.1. The zero-order chi connectivity index (χ0) is 11.3. The normalized spacial score (nSPS) is 10.5. The van der Waals surface area contributed by atoms with Gasteiger partial charge in [0.2, 0.25) is 0 Å². The number of hydrogen-bond donors (Lipinski definition) is 1. The van der Waals surface area contributed by atoms with E-state index < -0.39 is 5.97 Å². The summed E-state index contributed by atoms with van der Waals surface area (Å²) in [5.74, 6) is -0.619. The summed E-state index contributed by atoms with van der Waals surface area (Å²) in [6, 6.07) is 7.96. The fourth-order valence-corrected chi connectivity index (χ4v) is 1.03. The van der Waals surface area contributed by atoms with Crippen LogP contribution in [0.2, 0.25) is 0 Å². The molecule has 4 nitrogen and oxygen atoms in total. The van der Waals surface area contributed by atoms with E-state index >= 15 is 0 Å². The van der Waals surface area contributed by atoms with Gasteiger partial charge >= 0.3 is 5.97 Å². The highest BCUT2D eigenvalue weighted by Crippen LogP contribution is 2.14. The van der Waals surface area contributed by atoms with Crippen molar-refractivity contribution in [2.45, 2.75) is 0 Å². The molecule has 0 spiro atoms. The minimum Gasteiger partial charge on any atom is -0.508 e. The van der Waals surface area contributed by atoms with Gasteiger partial charge in [-0.05, 0) is 23.8 Å². The molecule has 0 aliphatic heterocycles. The largest absolute Gasteiger partial charge is 0.508 e. The molecule has 0 aliphatic rings. The lowest BCUT2D eigenvalue weighted by molar-refractivity contribution is -0.135. The van der Waals surface area contributed by atoms with E-state index in [4.69, 9.17) is 10.4 Å². The minimum atomic E-state index is -0.694. The summed E-state index contributed by atoms with van der Waals surface area (Å²) in [6.07, 6.45) is 1.35. The van der Waals surface area contributed by atoms with E-state index in [1.54, 1.807) is 18.2 Å². The van der Waals surface area contributed by atoms with Crippen molar-refractivity contribution in [3.8, 4) is 11.8 Å². The number of aromatic hydroxyl groups is 1. The van der Waals surface area contributed by atoms with Gasteiger partial charge in [-0.2, -0.15) is 5.26 Å². The number of carbonyl (C=O) groups is 1. The van der Waals surface area contributed by atoms with E-state index in [1.165, 1.54) is 25.3 Å². The average molecular weight is 203 g/mol. The number of benzene rings is 1. The fourth-order valence-electron chi connectivity index (χ4n) is 1.03.